The smallest absolute Gasteiger partial charge is 0.124 e. The predicted molar refractivity (Wildman–Crippen MR) is 88.2 cm³/mol. The molecule has 0 saturated heterocycles. The molecule has 1 atom stereocenters. The second-order valence-electron chi connectivity index (χ2n) is 4.97. The predicted octanol–water partition coefficient (Wildman–Crippen LogP) is 4.78. The van der Waals surface area contributed by atoms with E-state index in [4.69, 9.17) is 9.47 Å². The van der Waals surface area contributed by atoms with Crippen LogP contribution in [-0.2, 0) is 0 Å². The van der Waals surface area contributed by atoms with Crippen LogP contribution in [-0.4, -0.2) is 13.2 Å². The molecule has 4 heteroatoms. The summed E-state index contributed by atoms with van der Waals surface area (Å²) in [4.78, 5) is 0. The largest absolute Gasteiger partial charge is 0.494 e. The van der Waals surface area contributed by atoms with Crippen LogP contribution in [0.1, 0.15) is 24.9 Å². The van der Waals surface area contributed by atoms with Crippen molar-refractivity contribution in [1.29, 1.82) is 0 Å². The topological polar surface area (TPSA) is 30.5 Å². The molecule has 1 N–H and O–H groups in total. The standard InChI is InChI=1S/C17H18BrNO2/c1-2-20-14-6-4-13(5-7-14)19-16-9-10-21-17-8-3-12(18)11-15(16)17/h3-8,11,16,19H,2,9-10H2,1H3. The Morgan fingerprint density at radius 3 is 2.81 bits per heavy atom. The highest BCUT2D eigenvalue weighted by Gasteiger charge is 2.21. The zero-order chi connectivity index (χ0) is 14.7. The van der Waals surface area contributed by atoms with Crippen LogP contribution in [0.2, 0.25) is 0 Å². The summed E-state index contributed by atoms with van der Waals surface area (Å²) in [5.74, 6) is 1.87. The Morgan fingerprint density at radius 2 is 2.05 bits per heavy atom. The van der Waals surface area contributed by atoms with Gasteiger partial charge >= 0.3 is 0 Å². The maximum Gasteiger partial charge on any atom is 0.124 e. The molecule has 1 aliphatic rings. The second-order valence-corrected chi connectivity index (χ2v) is 5.89. The van der Waals surface area contributed by atoms with Crippen molar-refractivity contribution < 1.29 is 9.47 Å². The summed E-state index contributed by atoms with van der Waals surface area (Å²) < 4.78 is 12.3. The highest BCUT2D eigenvalue weighted by atomic mass is 79.9. The first kappa shape index (κ1) is 14.3. The van der Waals surface area contributed by atoms with Gasteiger partial charge < -0.3 is 14.8 Å². The summed E-state index contributed by atoms with van der Waals surface area (Å²) in [6.07, 6.45) is 0.955. The van der Waals surface area contributed by atoms with E-state index < -0.39 is 0 Å². The van der Waals surface area contributed by atoms with E-state index in [0.29, 0.717) is 6.61 Å². The number of hydrogen-bond acceptors (Lipinski definition) is 3. The highest BCUT2D eigenvalue weighted by Crippen LogP contribution is 2.36. The maximum atomic E-state index is 5.72. The quantitative estimate of drug-likeness (QED) is 0.862. The first-order valence-corrected chi connectivity index (χ1v) is 7.97. The van der Waals surface area contributed by atoms with Crippen LogP contribution in [0.4, 0.5) is 5.69 Å². The van der Waals surface area contributed by atoms with Gasteiger partial charge in [-0.25, -0.2) is 0 Å². The zero-order valence-electron chi connectivity index (χ0n) is 11.9. The first-order valence-electron chi connectivity index (χ1n) is 7.18. The molecule has 110 valence electrons. The number of fused-ring (bicyclic) bond motifs is 1. The van der Waals surface area contributed by atoms with E-state index in [9.17, 15) is 0 Å². The fourth-order valence-corrected chi connectivity index (χ4v) is 2.91. The summed E-state index contributed by atoms with van der Waals surface area (Å²) in [5.41, 5.74) is 2.29. The van der Waals surface area contributed by atoms with Crippen molar-refractivity contribution in [3.63, 3.8) is 0 Å². The van der Waals surface area contributed by atoms with E-state index in [1.54, 1.807) is 0 Å². The molecule has 1 heterocycles. The molecule has 0 aliphatic carbocycles. The van der Waals surface area contributed by atoms with Crippen molar-refractivity contribution in [3.8, 4) is 11.5 Å². The molecule has 2 aromatic rings. The van der Waals surface area contributed by atoms with Crippen LogP contribution in [0.15, 0.2) is 46.9 Å². The second kappa shape index (κ2) is 6.39. The minimum Gasteiger partial charge on any atom is -0.494 e. The number of rotatable bonds is 4. The Kier molecular flexibility index (Phi) is 4.34. The van der Waals surface area contributed by atoms with Crippen molar-refractivity contribution >= 4 is 21.6 Å². The van der Waals surface area contributed by atoms with Crippen molar-refractivity contribution in [1.82, 2.24) is 0 Å². The number of ether oxygens (including phenoxy) is 2. The number of nitrogens with one attached hydrogen (secondary N) is 1. The van der Waals surface area contributed by atoms with E-state index in [1.807, 2.05) is 31.2 Å². The molecule has 1 unspecified atom stereocenters. The average molecular weight is 348 g/mol. The molecular weight excluding hydrogens is 330 g/mol. The van der Waals surface area contributed by atoms with E-state index in [-0.39, 0.29) is 6.04 Å². The van der Waals surface area contributed by atoms with Crippen molar-refractivity contribution in [2.45, 2.75) is 19.4 Å². The van der Waals surface area contributed by atoms with Crippen LogP contribution in [0.5, 0.6) is 11.5 Å². The summed E-state index contributed by atoms with van der Waals surface area (Å²) in [6, 6.07) is 14.5. The van der Waals surface area contributed by atoms with E-state index in [1.165, 1.54) is 5.56 Å². The van der Waals surface area contributed by atoms with Gasteiger partial charge in [-0.1, -0.05) is 15.9 Å². The van der Waals surface area contributed by atoms with Crippen molar-refractivity contribution in [3.05, 3.63) is 52.5 Å². The Hall–Kier alpha value is -1.68. The van der Waals surface area contributed by atoms with Crippen LogP contribution in [0.3, 0.4) is 0 Å². The van der Waals surface area contributed by atoms with Crippen LogP contribution in [0, 0.1) is 0 Å². The fraction of sp³-hybridized carbons (Fsp3) is 0.294. The highest BCUT2D eigenvalue weighted by molar-refractivity contribution is 9.10. The van der Waals surface area contributed by atoms with Crippen LogP contribution >= 0.6 is 15.9 Å². The summed E-state index contributed by atoms with van der Waals surface area (Å²) >= 11 is 3.53. The third-order valence-corrected chi connectivity index (χ3v) is 4.01. The normalized spacial score (nSPS) is 16.8. The van der Waals surface area contributed by atoms with Gasteiger partial charge in [0, 0.05) is 22.1 Å². The third-order valence-electron chi connectivity index (χ3n) is 3.52. The van der Waals surface area contributed by atoms with Gasteiger partial charge in [-0.15, -0.1) is 0 Å². The molecule has 2 aromatic carbocycles. The molecule has 3 rings (SSSR count). The van der Waals surface area contributed by atoms with E-state index in [2.05, 4.69) is 39.4 Å². The molecule has 0 aromatic heterocycles. The first-order chi connectivity index (χ1) is 10.3. The van der Waals surface area contributed by atoms with Crippen molar-refractivity contribution in [2.75, 3.05) is 18.5 Å². The third kappa shape index (κ3) is 3.32. The Bertz CT molecular complexity index is 613. The van der Waals surface area contributed by atoms with Gasteiger partial charge in [0.15, 0.2) is 0 Å². The number of hydrogen-bond donors (Lipinski definition) is 1. The molecule has 0 radical (unpaired) electrons. The molecule has 0 saturated carbocycles. The Balaban J connectivity index is 1.78. The number of benzene rings is 2. The minimum absolute atomic E-state index is 0.268. The van der Waals surface area contributed by atoms with Gasteiger partial charge in [-0.05, 0) is 49.4 Å². The summed E-state index contributed by atoms with van der Waals surface area (Å²) in [7, 11) is 0. The zero-order valence-corrected chi connectivity index (χ0v) is 13.5. The monoisotopic (exact) mass is 347 g/mol. The Morgan fingerprint density at radius 1 is 1.24 bits per heavy atom. The maximum absolute atomic E-state index is 5.72. The van der Waals surface area contributed by atoms with Crippen LogP contribution in [0.25, 0.3) is 0 Å². The molecule has 1 aliphatic heterocycles. The number of anilines is 1. The Labute approximate surface area is 133 Å². The lowest BCUT2D eigenvalue weighted by molar-refractivity contribution is 0.274. The molecule has 0 amide bonds. The minimum atomic E-state index is 0.268. The van der Waals surface area contributed by atoms with Gasteiger partial charge in [0.2, 0.25) is 0 Å². The summed E-state index contributed by atoms with van der Waals surface area (Å²) in [5, 5.41) is 3.58. The SMILES string of the molecule is CCOc1ccc(NC2CCOc3ccc(Br)cc32)cc1. The van der Waals surface area contributed by atoms with Gasteiger partial charge in [0.25, 0.3) is 0 Å². The van der Waals surface area contributed by atoms with E-state index >= 15 is 0 Å². The fourth-order valence-electron chi connectivity index (χ4n) is 2.53. The molecule has 0 spiro atoms. The van der Waals surface area contributed by atoms with Crippen LogP contribution < -0.4 is 14.8 Å². The summed E-state index contributed by atoms with van der Waals surface area (Å²) in [6.45, 7) is 3.42. The van der Waals surface area contributed by atoms with Gasteiger partial charge in [-0.2, -0.15) is 0 Å². The van der Waals surface area contributed by atoms with Gasteiger partial charge in [0.05, 0.1) is 19.3 Å². The average Bonchev–Trinajstić information content (AvgIpc) is 2.50. The number of halogens is 1. The molecule has 3 nitrogen and oxygen atoms in total. The van der Waals surface area contributed by atoms with Gasteiger partial charge in [0.1, 0.15) is 11.5 Å². The molecule has 0 bridgehead atoms. The molecule has 0 fully saturated rings. The molecular formula is C17H18BrNO2. The lowest BCUT2D eigenvalue weighted by Gasteiger charge is -2.27. The van der Waals surface area contributed by atoms with E-state index in [0.717, 1.165) is 34.7 Å². The lowest BCUT2D eigenvalue weighted by Crippen LogP contribution is -2.20. The van der Waals surface area contributed by atoms with Crippen molar-refractivity contribution in [2.24, 2.45) is 0 Å². The molecule has 21 heavy (non-hydrogen) atoms. The van der Waals surface area contributed by atoms with Gasteiger partial charge in [-0.3, -0.25) is 0 Å². The lowest BCUT2D eigenvalue weighted by atomic mass is 10.0.